The van der Waals surface area contributed by atoms with Gasteiger partial charge in [-0.2, -0.15) is 16.7 Å². The maximum absolute atomic E-state index is 5.14. The predicted octanol–water partition coefficient (Wildman–Crippen LogP) is 4.61. The smallest absolute Gasteiger partial charge is 0.224 e. The Kier molecular flexibility index (Phi) is 6.20. The molecule has 2 fully saturated rings. The van der Waals surface area contributed by atoms with E-state index in [1.54, 1.807) is 0 Å². The Balaban J connectivity index is 1.20. The first-order chi connectivity index (χ1) is 16.6. The fraction of sp³-hybridized carbons (Fsp3) is 0.769. The number of fused-ring (bicyclic) bond motifs is 2. The molecule has 1 unspecified atom stereocenters. The van der Waals surface area contributed by atoms with E-state index in [4.69, 9.17) is 9.97 Å². The Morgan fingerprint density at radius 2 is 1.85 bits per heavy atom. The summed E-state index contributed by atoms with van der Waals surface area (Å²) >= 11 is 2.09. The van der Waals surface area contributed by atoms with E-state index in [0.717, 1.165) is 64.1 Å². The molecule has 1 saturated heterocycles. The maximum atomic E-state index is 5.14. The third-order valence-electron chi connectivity index (χ3n) is 8.39. The first kappa shape index (κ1) is 22.6. The van der Waals surface area contributed by atoms with Crippen molar-refractivity contribution in [3.63, 3.8) is 0 Å². The summed E-state index contributed by atoms with van der Waals surface area (Å²) in [5, 5.41) is 12.8. The highest BCUT2D eigenvalue weighted by atomic mass is 32.2. The quantitative estimate of drug-likeness (QED) is 0.619. The van der Waals surface area contributed by atoms with Crippen molar-refractivity contribution in [1.82, 2.24) is 25.0 Å². The average molecular weight is 482 g/mol. The monoisotopic (exact) mass is 481 g/mol. The highest BCUT2D eigenvalue weighted by molar-refractivity contribution is 8.00. The second-order valence-electron chi connectivity index (χ2n) is 11.0. The van der Waals surface area contributed by atoms with Crippen molar-refractivity contribution in [2.75, 3.05) is 35.6 Å². The van der Waals surface area contributed by atoms with Gasteiger partial charge in [0.2, 0.25) is 5.95 Å². The average Bonchev–Trinajstić information content (AvgIpc) is 3.49. The van der Waals surface area contributed by atoms with Crippen LogP contribution < -0.4 is 10.2 Å². The van der Waals surface area contributed by atoms with Crippen LogP contribution in [0.15, 0.2) is 0 Å². The zero-order valence-corrected chi connectivity index (χ0v) is 21.7. The van der Waals surface area contributed by atoms with Crippen molar-refractivity contribution in [2.24, 2.45) is 5.92 Å². The lowest BCUT2D eigenvalue weighted by Crippen LogP contribution is -2.37. The summed E-state index contributed by atoms with van der Waals surface area (Å²) in [6.45, 7) is 7.68. The van der Waals surface area contributed by atoms with Crippen LogP contribution in [0.1, 0.15) is 87.5 Å². The molecule has 184 valence electrons. The standard InChI is InChI=1S/C26H39N7S/c1-3-34-26(12-13-26)17-27-25-28-22-16-18(2)8-9-20(22)24(29-25)32-14-10-19(11-15-32)33-23-7-5-4-6-21(23)30-31-33/h18-19H,3-17H2,1-2H3,(H,27,28,29). The lowest BCUT2D eigenvalue weighted by molar-refractivity contribution is 0.348. The fourth-order valence-corrected chi connectivity index (χ4v) is 7.34. The number of nitrogens with one attached hydrogen (secondary N) is 1. The summed E-state index contributed by atoms with van der Waals surface area (Å²) in [6.07, 6.45) is 13.1. The molecular formula is C26H39N7S. The Labute approximate surface area is 207 Å². The van der Waals surface area contributed by atoms with E-state index >= 15 is 0 Å². The molecule has 1 aliphatic heterocycles. The van der Waals surface area contributed by atoms with Crippen LogP contribution in [-0.2, 0) is 25.7 Å². The van der Waals surface area contributed by atoms with Gasteiger partial charge in [0, 0.05) is 29.9 Å². The van der Waals surface area contributed by atoms with Gasteiger partial charge in [0.05, 0.1) is 23.1 Å². The van der Waals surface area contributed by atoms with Crippen LogP contribution in [0.4, 0.5) is 11.8 Å². The Hall–Kier alpha value is -1.83. The number of hydrogen-bond donors (Lipinski definition) is 1. The minimum Gasteiger partial charge on any atom is -0.356 e. The lowest BCUT2D eigenvalue weighted by atomic mass is 9.88. The predicted molar refractivity (Wildman–Crippen MR) is 139 cm³/mol. The Bertz CT molecular complexity index is 1020. The van der Waals surface area contributed by atoms with Crippen molar-refractivity contribution in [2.45, 2.75) is 95.3 Å². The van der Waals surface area contributed by atoms with Crippen molar-refractivity contribution >= 4 is 23.5 Å². The molecule has 0 aromatic carbocycles. The van der Waals surface area contributed by atoms with Gasteiger partial charge < -0.3 is 10.2 Å². The van der Waals surface area contributed by atoms with Crippen molar-refractivity contribution < 1.29 is 0 Å². The molecule has 8 heteroatoms. The molecule has 3 heterocycles. The third kappa shape index (κ3) is 4.42. The summed E-state index contributed by atoms with van der Waals surface area (Å²) in [7, 11) is 0. The second-order valence-corrected chi connectivity index (χ2v) is 12.7. The molecule has 1 saturated carbocycles. The molecular weight excluding hydrogens is 442 g/mol. The number of anilines is 2. The van der Waals surface area contributed by atoms with Crippen LogP contribution in [0, 0.1) is 5.92 Å². The number of aromatic nitrogens is 5. The fourth-order valence-electron chi connectivity index (χ4n) is 6.16. The van der Waals surface area contributed by atoms with Gasteiger partial charge in [-0.15, -0.1) is 5.10 Å². The molecule has 0 bridgehead atoms. The third-order valence-corrected chi connectivity index (χ3v) is 9.84. The van der Waals surface area contributed by atoms with Gasteiger partial charge in [-0.1, -0.05) is 19.1 Å². The molecule has 2 aromatic rings. The molecule has 0 radical (unpaired) electrons. The highest BCUT2D eigenvalue weighted by Gasteiger charge is 2.42. The second kappa shape index (κ2) is 9.32. The van der Waals surface area contributed by atoms with E-state index in [1.807, 2.05) is 0 Å². The first-order valence-electron chi connectivity index (χ1n) is 13.6. The van der Waals surface area contributed by atoms with Crippen LogP contribution >= 0.6 is 11.8 Å². The highest BCUT2D eigenvalue weighted by Crippen LogP contribution is 2.48. The molecule has 6 rings (SSSR count). The molecule has 0 amide bonds. The van der Waals surface area contributed by atoms with Gasteiger partial charge in [0.1, 0.15) is 5.82 Å². The van der Waals surface area contributed by atoms with Gasteiger partial charge in [0.15, 0.2) is 0 Å². The minimum atomic E-state index is 0.413. The van der Waals surface area contributed by atoms with Crippen LogP contribution in [0.5, 0.6) is 0 Å². The zero-order chi connectivity index (χ0) is 23.1. The summed E-state index contributed by atoms with van der Waals surface area (Å²) in [5.41, 5.74) is 5.35. The Morgan fingerprint density at radius 3 is 2.65 bits per heavy atom. The zero-order valence-electron chi connectivity index (χ0n) is 20.9. The van der Waals surface area contributed by atoms with E-state index in [-0.39, 0.29) is 0 Å². The summed E-state index contributed by atoms with van der Waals surface area (Å²) < 4.78 is 2.69. The van der Waals surface area contributed by atoms with E-state index in [0.29, 0.717) is 16.7 Å². The SMILES string of the molecule is CCSC1(CNc2nc3c(c(N4CCC(n5nnc6c5CCCC6)CC4)n2)CCC(C)C3)CC1. The summed E-state index contributed by atoms with van der Waals surface area (Å²) in [5.74, 6) is 3.93. The molecule has 1 atom stereocenters. The van der Waals surface area contributed by atoms with Crippen LogP contribution in [0.2, 0.25) is 0 Å². The van der Waals surface area contributed by atoms with E-state index in [1.165, 1.54) is 66.3 Å². The van der Waals surface area contributed by atoms with Crippen LogP contribution in [0.25, 0.3) is 0 Å². The largest absolute Gasteiger partial charge is 0.356 e. The van der Waals surface area contributed by atoms with Gasteiger partial charge >= 0.3 is 0 Å². The number of thioether (sulfide) groups is 1. The van der Waals surface area contributed by atoms with E-state index in [9.17, 15) is 0 Å². The number of aryl methyl sites for hydroxylation is 1. The molecule has 0 spiro atoms. The summed E-state index contributed by atoms with van der Waals surface area (Å²) in [4.78, 5) is 12.7. The molecule has 3 aliphatic carbocycles. The lowest BCUT2D eigenvalue weighted by Gasteiger charge is -2.36. The normalized spacial score (nSPS) is 23.9. The minimum absolute atomic E-state index is 0.413. The number of rotatable bonds is 7. The van der Waals surface area contributed by atoms with Crippen molar-refractivity contribution in [3.05, 3.63) is 22.6 Å². The number of nitrogens with zero attached hydrogens (tertiary/aromatic N) is 6. The van der Waals surface area contributed by atoms with Crippen molar-refractivity contribution in [3.8, 4) is 0 Å². The first-order valence-corrected chi connectivity index (χ1v) is 14.6. The van der Waals surface area contributed by atoms with Gasteiger partial charge in [-0.05, 0) is 82.3 Å². The number of piperidine rings is 1. The number of hydrogen-bond acceptors (Lipinski definition) is 7. The topological polar surface area (TPSA) is 71.8 Å². The van der Waals surface area contributed by atoms with Crippen LogP contribution in [-0.4, -0.2) is 55.1 Å². The molecule has 7 nitrogen and oxygen atoms in total. The maximum Gasteiger partial charge on any atom is 0.224 e. The van der Waals surface area contributed by atoms with E-state index in [2.05, 4.69) is 50.8 Å². The van der Waals surface area contributed by atoms with Crippen molar-refractivity contribution in [1.29, 1.82) is 0 Å². The van der Waals surface area contributed by atoms with Gasteiger partial charge in [-0.3, -0.25) is 0 Å². The van der Waals surface area contributed by atoms with Crippen LogP contribution in [0.3, 0.4) is 0 Å². The Morgan fingerprint density at radius 1 is 1.03 bits per heavy atom. The molecule has 34 heavy (non-hydrogen) atoms. The van der Waals surface area contributed by atoms with Gasteiger partial charge in [0.25, 0.3) is 0 Å². The molecule has 2 aromatic heterocycles. The molecule has 4 aliphatic rings. The van der Waals surface area contributed by atoms with E-state index < -0.39 is 0 Å². The summed E-state index contributed by atoms with van der Waals surface area (Å²) in [6, 6.07) is 0.474. The van der Waals surface area contributed by atoms with Gasteiger partial charge in [-0.25, -0.2) is 9.67 Å². The molecule has 1 N–H and O–H groups in total.